The lowest BCUT2D eigenvalue weighted by molar-refractivity contribution is -0.144. The van der Waals surface area contributed by atoms with Gasteiger partial charge in [-0.3, -0.25) is 14.9 Å². The van der Waals surface area contributed by atoms with Crippen LogP contribution in [-0.2, 0) is 9.59 Å². The second-order valence-corrected chi connectivity index (χ2v) is 6.97. The molecule has 0 aromatic heterocycles. The summed E-state index contributed by atoms with van der Waals surface area (Å²) in [5.41, 5.74) is 0.361. The summed E-state index contributed by atoms with van der Waals surface area (Å²) in [5.74, 6) is -1.12. The zero-order chi connectivity index (χ0) is 15.3. The molecule has 0 radical (unpaired) electrons. The number of halogens is 1. The summed E-state index contributed by atoms with van der Waals surface area (Å²) in [6.45, 7) is 4.28. The molecule has 3 rings (SSSR count). The number of nitrogens with one attached hydrogen (secondary N) is 1. The minimum atomic E-state index is -0.381. The van der Waals surface area contributed by atoms with Gasteiger partial charge in [-0.15, -0.1) is 0 Å². The van der Waals surface area contributed by atoms with Crippen LogP contribution in [0.15, 0.2) is 24.3 Å². The van der Waals surface area contributed by atoms with Crippen molar-refractivity contribution < 1.29 is 14.0 Å². The van der Waals surface area contributed by atoms with E-state index in [1.165, 1.54) is 12.1 Å². The van der Waals surface area contributed by atoms with Gasteiger partial charge in [0.25, 0.3) is 0 Å². The van der Waals surface area contributed by atoms with Gasteiger partial charge in [0.05, 0.1) is 5.92 Å². The Morgan fingerprint density at radius 2 is 1.81 bits per heavy atom. The number of rotatable bonds is 1. The van der Waals surface area contributed by atoms with Crippen LogP contribution in [0.5, 0.6) is 0 Å². The molecule has 0 bridgehead atoms. The van der Waals surface area contributed by atoms with E-state index in [0.717, 1.165) is 24.8 Å². The van der Waals surface area contributed by atoms with Crippen LogP contribution in [-0.4, -0.2) is 11.8 Å². The summed E-state index contributed by atoms with van der Waals surface area (Å²) >= 11 is 0. The highest BCUT2D eigenvalue weighted by Gasteiger charge is 2.59. The zero-order valence-electron chi connectivity index (χ0n) is 12.4. The van der Waals surface area contributed by atoms with E-state index in [9.17, 15) is 14.0 Å². The normalized spacial score (nSPS) is 31.5. The van der Waals surface area contributed by atoms with Crippen molar-refractivity contribution in [3.8, 4) is 0 Å². The predicted molar refractivity (Wildman–Crippen MR) is 77.0 cm³/mol. The van der Waals surface area contributed by atoms with Gasteiger partial charge in [-0.05, 0) is 41.4 Å². The highest BCUT2D eigenvalue weighted by molar-refractivity contribution is 6.02. The van der Waals surface area contributed by atoms with Crippen LogP contribution < -0.4 is 5.32 Å². The SMILES string of the molecule is CC1(C)CCCC12CC(=O)NC(=O)C2c1ccc(F)cc1. The lowest BCUT2D eigenvalue weighted by Gasteiger charge is -2.48. The van der Waals surface area contributed by atoms with E-state index in [2.05, 4.69) is 19.2 Å². The number of carbonyl (C=O) groups is 2. The molecule has 1 spiro atoms. The third kappa shape index (κ3) is 2.08. The number of amides is 2. The molecular formula is C17H20FNO2. The van der Waals surface area contributed by atoms with E-state index in [0.29, 0.717) is 6.42 Å². The fourth-order valence-electron chi connectivity index (χ4n) is 4.31. The molecule has 1 saturated heterocycles. The third-order valence-electron chi connectivity index (χ3n) is 5.53. The molecule has 1 saturated carbocycles. The number of hydrogen-bond donors (Lipinski definition) is 1. The molecule has 21 heavy (non-hydrogen) atoms. The van der Waals surface area contributed by atoms with Gasteiger partial charge >= 0.3 is 0 Å². The summed E-state index contributed by atoms with van der Waals surface area (Å²) < 4.78 is 13.2. The summed E-state index contributed by atoms with van der Waals surface area (Å²) in [4.78, 5) is 24.5. The van der Waals surface area contributed by atoms with Gasteiger partial charge in [-0.2, -0.15) is 0 Å². The van der Waals surface area contributed by atoms with E-state index in [1.807, 2.05) is 0 Å². The Morgan fingerprint density at radius 1 is 1.14 bits per heavy atom. The molecule has 112 valence electrons. The monoisotopic (exact) mass is 289 g/mol. The van der Waals surface area contributed by atoms with Crippen molar-refractivity contribution in [1.82, 2.24) is 5.32 Å². The third-order valence-corrected chi connectivity index (χ3v) is 5.53. The largest absolute Gasteiger partial charge is 0.296 e. The fraction of sp³-hybridized carbons (Fsp3) is 0.529. The Morgan fingerprint density at radius 3 is 2.38 bits per heavy atom. The van der Waals surface area contributed by atoms with Crippen LogP contribution in [0.2, 0.25) is 0 Å². The first-order valence-electron chi connectivity index (χ1n) is 7.45. The van der Waals surface area contributed by atoms with Crippen LogP contribution in [0.3, 0.4) is 0 Å². The van der Waals surface area contributed by atoms with Crippen LogP contribution >= 0.6 is 0 Å². The molecule has 2 aliphatic rings. The topological polar surface area (TPSA) is 46.2 Å². The zero-order valence-corrected chi connectivity index (χ0v) is 12.4. The molecule has 1 aliphatic carbocycles. The van der Waals surface area contributed by atoms with Crippen molar-refractivity contribution in [3.05, 3.63) is 35.6 Å². The Kier molecular flexibility index (Phi) is 3.15. The molecular weight excluding hydrogens is 269 g/mol. The first-order chi connectivity index (χ1) is 9.86. The van der Waals surface area contributed by atoms with Crippen molar-refractivity contribution in [2.45, 2.75) is 45.4 Å². The maximum absolute atomic E-state index is 13.2. The van der Waals surface area contributed by atoms with Crippen molar-refractivity contribution in [2.75, 3.05) is 0 Å². The van der Waals surface area contributed by atoms with Gasteiger partial charge in [0, 0.05) is 6.42 Å². The molecule has 1 N–H and O–H groups in total. The van der Waals surface area contributed by atoms with E-state index >= 15 is 0 Å². The fourth-order valence-corrected chi connectivity index (χ4v) is 4.31. The van der Waals surface area contributed by atoms with Gasteiger partial charge in [-0.25, -0.2) is 4.39 Å². The molecule has 1 aromatic rings. The molecule has 1 heterocycles. The first-order valence-corrected chi connectivity index (χ1v) is 7.45. The van der Waals surface area contributed by atoms with Crippen molar-refractivity contribution in [2.24, 2.45) is 10.8 Å². The predicted octanol–water partition coefficient (Wildman–Crippen LogP) is 3.15. The highest BCUT2D eigenvalue weighted by atomic mass is 19.1. The highest BCUT2D eigenvalue weighted by Crippen LogP contribution is 2.62. The molecule has 1 aromatic carbocycles. The van der Waals surface area contributed by atoms with E-state index in [1.54, 1.807) is 12.1 Å². The number of carbonyl (C=O) groups excluding carboxylic acids is 2. The average Bonchev–Trinajstić information content (AvgIpc) is 2.66. The van der Waals surface area contributed by atoms with Crippen LogP contribution in [0, 0.1) is 16.6 Å². The molecule has 2 amide bonds. The van der Waals surface area contributed by atoms with Crippen LogP contribution in [0.1, 0.15) is 51.0 Å². The number of benzene rings is 1. The number of imide groups is 1. The van der Waals surface area contributed by atoms with Crippen LogP contribution in [0.25, 0.3) is 0 Å². The van der Waals surface area contributed by atoms with Gasteiger partial charge < -0.3 is 0 Å². The first kappa shape index (κ1) is 14.2. The summed E-state index contributed by atoms with van der Waals surface area (Å²) in [6, 6.07) is 6.11. The second-order valence-electron chi connectivity index (χ2n) is 6.97. The van der Waals surface area contributed by atoms with E-state index in [4.69, 9.17) is 0 Å². The van der Waals surface area contributed by atoms with Crippen molar-refractivity contribution in [1.29, 1.82) is 0 Å². The minimum absolute atomic E-state index is 0.0839. The maximum atomic E-state index is 13.2. The summed E-state index contributed by atoms with van der Waals surface area (Å²) in [5, 5.41) is 2.46. The van der Waals surface area contributed by atoms with E-state index in [-0.39, 0.29) is 34.4 Å². The number of hydrogen-bond acceptors (Lipinski definition) is 2. The van der Waals surface area contributed by atoms with Gasteiger partial charge in [-0.1, -0.05) is 32.4 Å². The minimum Gasteiger partial charge on any atom is -0.296 e. The second kappa shape index (κ2) is 4.65. The van der Waals surface area contributed by atoms with Crippen LogP contribution in [0.4, 0.5) is 4.39 Å². The maximum Gasteiger partial charge on any atom is 0.234 e. The van der Waals surface area contributed by atoms with Gasteiger partial charge in [0.1, 0.15) is 5.82 Å². The average molecular weight is 289 g/mol. The molecule has 3 nitrogen and oxygen atoms in total. The van der Waals surface area contributed by atoms with Crippen molar-refractivity contribution in [3.63, 3.8) is 0 Å². The lowest BCUT2D eigenvalue weighted by Crippen LogP contribution is -2.54. The summed E-state index contributed by atoms with van der Waals surface area (Å²) in [6.07, 6.45) is 3.26. The Balaban J connectivity index is 2.12. The van der Waals surface area contributed by atoms with Crippen molar-refractivity contribution >= 4 is 11.8 Å². The standard InChI is InChI=1S/C17H20FNO2/c1-16(2)8-3-9-17(16)10-13(20)19-15(21)14(17)11-4-6-12(18)7-5-11/h4-7,14H,3,8-10H2,1-2H3,(H,19,20,21). The number of piperidine rings is 1. The molecule has 2 fully saturated rings. The molecule has 4 heteroatoms. The molecule has 2 atom stereocenters. The van der Waals surface area contributed by atoms with Gasteiger partial charge in [0.15, 0.2) is 0 Å². The quantitative estimate of drug-likeness (QED) is 0.807. The van der Waals surface area contributed by atoms with Gasteiger partial charge in [0.2, 0.25) is 11.8 Å². The molecule has 2 unspecified atom stereocenters. The lowest BCUT2D eigenvalue weighted by atomic mass is 9.56. The van der Waals surface area contributed by atoms with E-state index < -0.39 is 0 Å². The smallest absolute Gasteiger partial charge is 0.234 e. The Hall–Kier alpha value is -1.71. The molecule has 1 aliphatic heterocycles. The summed E-state index contributed by atoms with van der Waals surface area (Å²) in [7, 11) is 0. The Labute approximate surface area is 123 Å². The Bertz CT molecular complexity index is 593.